The average Bonchev–Trinajstić information content (AvgIpc) is 2.35. The number of hydrogen-bond donors (Lipinski definition) is 2. The molecule has 0 aliphatic heterocycles. The number of amides is 1. The molecule has 0 spiro atoms. The minimum atomic E-state index is -0.180. The van der Waals surface area contributed by atoms with E-state index in [-0.39, 0.29) is 11.9 Å². The first-order valence-corrected chi connectivity index (χ1v) is 5.94. The fourth-order valence-electron chi connectivity index (χ4n) is 1.41. The molecule has 1 aromatic rings. The van der Waals surface area contributed by atoms with Gasteiger partial charge in [-0.1, -0.05) is 30.4 Å². The second-order valence-corrected chi connectivity index (χ2v) is 3.89. The molecule has 0 radical (unpaired) electrons. The average molecular weight is 232 g/mol. The van der Waals surface area contributed by atoms with Gasteiger partial charge in [-0.25, -0.2) is 0 Å². The Labute approximate surface area is 103 Å². The van der Waals surface area contributed by atoms with Crippen LogP contribution in [0.3, 0.4) is 0 Å². The molecule has 0 heterocycles. The van der Waals surface area contributed by atoms with E-state index in [1.807, 2.05) is 50.3 Å². The summed E-state index contributed by atoms with van der Waals surface area (Å²) < 4.78 is 0. The Morgan fingerprint density at radius 3 is 2.71 bits per heavy atom. The standard InChI is InChI=1S/C14H20N2O/c1-3-4-8-11-15-12(2)14(17)16-13-9-6-5-7-10-13/h3-7,9-10,12,15H,8,11H2,1-2H3,(H,16,17)/b4-3+. The number of carbonyl (C=O) groups excluding carboxylic acids is 1. The second-order valence-electron chi connectivity index (χ2n) is 3.89. The van der Waals surface area contributed by atoms with Gasteiger partial charge in [-0.3, -0.25) is 4.79 Å². The summed E-state index contributed by atoms with van der Waals surface area (Å²) in [6, 6.07) is 9.31. The topological polar surface area (TPSA) is 41.1 Å². The lowest BCUT2D eigenvalue weighted by atomic mass is 10.2. The normalized spacial score (nSPS) is 12.6. The highest BCUT2D eigenvalue weighted by Crippen LogP contribution is 2.05. The maximum atomic E-state index is 11.8. The summed E-state index contributed by atoms with van der Waals surface area (Å²) in [5, 5.41) is 6.04. The van der Waals surface area contributed by atoms with Gasteiger partial charge in [0.2, 0.25) is 5.91 Å². The Balaban J connectivity index is 2.32. The summed E-state index contributed by atoms with van der Waals surface area (Å²) in [6.45, 7) is 4.67. The molecule has 1 atom stereocenters. The highest BCUT2D eigenvalue weighted by atomic mass is 16.2. The maximum absolute atomic E-state index is 11.8. The van der Waals surface area contributed by atoms with Gasteiger partial charge in [-0.2, -0.15) is 0 Å². The van der Waals surface area contributed by atoms with Crippen LogP contribution in [-0.4, -0.2) is 18.5 Å². The van der Waals surface area contributed by atoms with Crippen LogP contribution in [0.5, 0.6) is 0 Å². The number of carbonyl (C=O) groups is 1. The Morgan fingerprint density at radius 2 is 2.06 bits per heavy atom. The van der Waals surface area contributed by atoms with E-state index in [2.05, 4.69) is 16.7 Å². The van der Waals surface area contributed by atoms with Crippen molar-refractivity contribution in [1.82, 2.24) is 5.32 Å². The van der Waals surface area contributed by atoms with Gasteiger partial charge >= 0.3 is 0 Å². The van der Waals surface area contributed by atoms with Crippen molar-refractivity contribution in [3.8, 4) is 0 Å². The van der Waals surface area contributed by atoms with E-state index in [9.17, 15) is 4.79 Å². The molecule has 92 valence electrons. The van der Waals surface area contributed by atoms with Crippen LogP contribution >= 0.6 is 0 Å². The van der Waals surface area contributed by atoms with Crippen molar-refractivity contribution in [2.75, 3.05) is 11.9 Å². The van der Waals surface area contributed by atoms with Crippen LogP contribution in [0.1, 0.15) is 20.3 Å². The molecule has 0 fully saturated rings. The summed E-state index contributed by atoms with van der Waals surface area (Å²) in [5.41, 5.74) is 0.833. The summed E-state index contributed by atoms with van der Waals surface area (Å²) in [7, 11) is 0. The zero-order chi connectivity index (χ0) is 12.5. The van der Waals surface area contributed by atoms with Crippen molar-refractivity contribution in [3.05, 3.63) is 42.5 Å². The Kier molecular flexibility index (Phi) is 6.04. The Hall–Kier alpha value is -1.61. The molecular formula is C14H20N2O. The maximum Gasteiger partial charge on any atom is 0.241 e. The first-order chi connectivity index (χ1) is 8.24. The number of nitrogens with one attached hydrogen (secondary N) is 2. The molecule has 1 amide bonds. The fourth-order valence-corrected chi connectivity index (χ4v) is 1.41. The number of anilines is 1. The van der Waals surface area contributed by atoms with E-state index < -0.39 is 0 Å². The highest BCUT2D eigenvalue weighted by Gasteiger charge is 2.10. The summed E-state index contributed by atoms with van der Waals surface area (Å²) in [5.74, 6) is -0.00308. The van der Waals surface area contributed by atoms with Crippen molar-refractivity contribution in [1.29, 1.82) is 0 Å². The second kappa shape index (κ2) is 7.63. The fraction of sp³-hybridized carbons (Fsp3) is 0.357. The molecule has 0 saturated heterocycles. The molecule has 1 unspecified atom stereocenters. The summed E-state index contributed by atoms with van der Waals surface area (Å²) in [6.07, 6.45) is 5.03. The quantitative estimate of drug-likeness (QED) is 0.584. The van der Waals surface area contributed by atoms with Crippen LogP contribution in [-0.2, 0) is 4.79 Å². The third-order valence-electron chi connectivity index (χ3n) is 2.43. The zero-order valence-electron chi connectivity index (χ0n) is 10.4. The lowest BCUT2D eigenvalue weighted by Gasteiger charge is -2.13. The Morgan fingerprint density at radius 1 is 1.35 bits per heavy atom. The number of rotatable bonds is 6. The first-order valence-electron chi connectivity index (χ1n) is 5.94. The third kappa shape index (κ3) is 5.31. The van der Waals surface area contributed by atoms with Gasteiger partial charge < -0.3 is 10.6 Å². The molecular weight excluding hydrogens is 212 g/mol. The molecule has 0 saturated carbocycles. The van der Waals surface area contributed by atoms with E-state index in [0.29, 0.717) is 0 Å². The molecule has 0 aliphatic carbocycles. The molecule has 2 N–H and O–H groups in total. The van der Waals surface area contributed by atoms with Crippen LogP contribution in [0.15, 0.2) is 42.5 Å². The van der Waals surface area contributed by atoms with Crippen molar-refractivity contribution < 1.29 is 4.79 Å². The molecule has 3 nitrogen and oxygen atoms in total. The van der Waals surface area contributed by atoms with Crippen LogP contribution in [0.4, 0.5) is 5.69 Å². The third-order valence-corrected chi connectivity index (χ3v) is 2.43. The molecule has 0 aromatic heterocycles. The van der Waals surface area contributed by atoms with Gasteiger partial charge in [0.05, 0.1) is 6.04 Å². The van der Waals surface area contributed by atoms with Crippen LogP contribution in [0.2, 0.25) is 0 Å². The van der Waals surface area contributed by atoms with Crippen molar-refractivity contribution in [2.45, 2.75) is 26.3 Å². The predicted molar refractivity (Wildman–Crippen MR) is 72.0 cm³/mol. The SMILES string of the molecule is C/C=C/CCNC(C)C(=O)Nc1ccccc1. The van der Waals surface area contributed by atoms with Gasteiger partial charge in [0.15, 0.2) is 0 Å². The predicted octanol–water partition coefficient (Wildman–Crippen LogP) is 2.57. The number of allylic oxidation sites excluding steroid dienone is 1. The molecule has 3 heteroatoms. The van der Waals surface area contributed by atoms with Gasteiger partial charge in [0.1, 0.15) is 0 Å². The van der Waals surface area contributed by atoms with E-state index in [1.165, 1.54) is 0 Å². The summed E-state index contributed by atoms with van der Waals surface area (Å²) >= 11 is 0. The molecule has 1 aromatic carbocycles. The van der Waals surface area contributed by atoms with Crippen LogP contribution in [0, 0.1) is 0 Å². The molecule has 17 heavy (non-hydrogen) atoms. The van der Waals surface area contributed by atoms with Crippen LogP contribution in [0.25, 0.3) is 0 Å². The molecule has 0 aliphatic rings. The first kappa shape index (κ1) is 13.5. The van der Waals surface area contributed by atoms with Gasteiger partial charge in [-0.15, -0.1) is 0 Å². The van der Waals surface area contributed by atoms with Crippen molar-refractivity contribution in [3.63, 3.8) is 0 Å². The van der Waals surface area contributed by atoms with E-state index in [4.69, 9.17) is 0 Å². The van der Waals surface area contributed by atoms with Gasteiger partial charge in [-0.05, 0) is 38.9 Å². The summed E-state index contributed by atoms with van der Waals surface area (Å²) in [4.78, 5) is 11.8. The van der Waals surface area contributed by atoms with Crippen molar-refractivity contribution in [2.24, 2.45) is 0 Å². The minimum Gasteiger partial charge on any atom is -0.325 e. The van der Waals surface area contributed by atoms with E-state index in [0.717, 1.165) is 18.7 Å². The molecule has 0 bridgehead atoms. The zero-order valence-corrected chi connectivity index (χ0v) is 10.4. The number of hydrogen-bond acceptors (Lipinski definition) is 2. The largest absolute Gasteiger partial charge is 0.325 e. The van der Waals surface area contributed by atoms with Gasteiger partial charge in [0, 0.05) is 5.69 Å². The monoisotopic (exact) mass is 232 g/mol. The lowest BCUT2D eigenvalue weighted by Crippen LogP contribution is -2.38. The van der Waals surface area contributed by atoms with E-state index >= 15 is 0 Å². The van der Waals surface area contributed by atoms with Gasteiger partial charge in [0.25, 0.3) is 0 Å². The van der Waals surface area contributed by atoms with Crippen molar-refractivity contribution >= 4 is 11.6 Å². The lowest BCUT2D eigenvalue weighted by molar-refractivity contribution is -0.117. The van der Waals surface area contributed by atoms with E-state index in [1.54, 1.807) is 0 Å². The Bertz CT molecular complexity index is 360. The van der Waals surface area contributed by atoms with Crippen LogP contribution < -0.4 is 10.6 Å². The highest BCUT2D eigenvalue weighted by molar-refractivity contribution is 5.94. The minimum absolute atomic E-state index is 0.00308. The smallest absolute Gasteiger partial charge is 0.241 e. The number of benzene rings is 1. The molecule has 1 rings (SSSR count). The number of para-hydroxylation sites is 1.